The van der Waals surface area contributed by atoms with Gasteiger partial charge in [0.05, 0.1) is 23.0 Å². The smallest absolute Gasteiger partial charge is 0.224 e. The summed E-state index contributed by atoms with van der Waals surface area (Å²) in [6.07, 6.45) is 0.244. The van der Waals surface area contributed by atoms with Gasteiger partial charge in [-0.25, -0.2) is 0 Å². The molecule has 7 heteroatoms. The Bertz CT molecular complexity index is 639. The van der Waals surface area contributed by atoms with Crippen LogP contribution in [0.15, 0.2) is 18.2 Å². The minimum absolute atomic E-state index is 0.107. The van der Waals surface area contributed by atoms with Crippen LogP contribution in [0.3, 0.4) is 0 Å². The molecule has 0 unspecified atom stereocenters. The van der Waals surface area contributed by atoms with E-state index in [1.165, 1.54) is 0 Å². The van der Waals surface area contributed by atoms with Gasteiger partial charge in [0.15, 0.2) is 5.82 Å². The number of amides is 1. The highest BCUT2D eigenvalue weighted by Gasteiger charge is 2.08. The number of carbonyl (C=O) groups is 1. The van der Waals surface area contributed by atoms with Gasteiger partial charge in [-0.1, -0.05) is 29.3 Å². The Hall–Kier alpha value is -1.59. The lowest BCUT2D eigenvalue weighted by Gasteiger charge is -2.06. The van der Waals surface area contributed by atoms with Gasteiger partial charge in [0.1, 0.15) is 5.82 Å². The van der Waals surface area contributed by atoms with E-state index in [0.29, 0.717) is 22.4 Å². The van der Waals surface area contributed by atoms with Crippen LogP contribution >= 0.6 is 23.2 Å². The summed E-state index contributed by atoms with van der Waals surface area (Å²) in [4.78, 5) is 11.9. The maximum absolute atomic E-state index is 11.9. The van der Waals surface area contributed by atoms with E-state index in [0.717, 1.165) is 11.4 Å². The van der Waals surface area contributed by atoms with Crippen LogP contribution in [0, 0.1) is 6.92 Å². The largest absolute Gasteiger partial charge is 0.349 e. The summed E-state index contributed by atoms with van der Waals surface area (Å²) < 4.78 is 1.83. The summed E-state index contributed by atoms with van der Waals surface area (Å²) in [6, 6.07) is 5.15. The number of halogens is 2. The van der Waals surface area contributed by atoms with E-state index < -0.39 is 0 Å². The van der Waals surface area contributed by atoms with E-state index in [1.807, 2.05) is 18.5 Å². The van der Waals surface area contributed by atoms with E-state index in [-0.39, 0.29) is 12.3 Å². The predicted molar refractivity (Wildman–Crippen MR) is 77.8 cm³/mol. The second-order valence-electron chi connectivity index (χ2n) is 4.42. The molecule has 20 heavy (non-hydrogen) atoms. The van der Waals surface area contributed by atoms with Crippen molar-refractivity contribution in [3.63, 3.8) is 0 Å². The first-order valence-electron chi connectivity index (χ1n) is 6.03. The molecule has 106 valence electrons. The van der Waals surface area contributed by atoms with Crippen molar-refractivity contribution in [1.82, 2.24) is 20.1 Å². The first-order valence-corrected chi connectivity index (χ1v) is 6.78. The third kappa shape index (κ3) is 3.49. The van der Waals surface area contributed by atoms with Gasteiger partial charge in [0.2, 0.25) is 5.91 Å². The molecule has 0 aliphatic heterocycles. The van der Waals surface area contributed by atoms with Crippen LogP contribution in [0.2, 0.25) is 10.0 Å². The van der Waals surface area contributed by atoms with E-state index in [2.05, 4.69) is 15.5 Å². The van der Waals surface area contributed by atoms with Gasteiger partial charge in [-0.3, -0.25) is 4.79 Å². The summed E-state index contributed by atoms with van der Waals surface area (Å²) in [5.41, 5.74) is 0.811. The molecule has 0 spiro atoms. The number of rotatable bonds is 4. The van der Waals surface area contributed by atoms with Gasteiger partial charge in [-0.15, -0.1) is 10.2 Å². The minimum Gasteiger partial charge on any atom is -0.349 e. The van der Waals surface area contributed by atoms with Gasteiger partial charge in [-0.2, -0.15) is 0 Å². The lowest BCUT2D eigenvalue weighted by atomic mass is 10.1. The number of nitrogens with one attached hydrogen (secondary N) is 1. The molecule has 0 saturated carbocycles. The number of benzene rings is 1. The molecule has 0 aliphatic rings. The van der Waals surface area contributed by atoms with Crippen molar-refractivity contribution in [3.8, 4) is 0 Å². The normalized spacial score (nSPS) is 10.6. The van der Waals surface area contributed by atoms with Crippen molar-refractivity contribution in [2.45, 2.75) is 19.9 Å². The van der Waals surface area contributed by atoms with Crippen LogP contribution in [0.25, 0.3) is 0 Å². The van der Waals surface area contributed by atoms with Crippen molar-refractivity contribution < 1.29 is 4.79 Å². The monoisotopic (exact) mass is 312 g/mol. The molecule has 0 saturated heterocycles. The van der Waals surface area contributed by atoms with Crippen LogP contribution in [0.4, 0.5) is 0 Å². The summed E-state index contributed by atoms with van der Waals surface area (Å²) in [5.74, 6) is 1.41. The van der Waals surface area contributed by atoms with Crippen molar-refractivity contribution in [2.75, 3.05) is 0 Å². The summed E-state index contributed by atoms with van der Waals surface area (Å²) in [6.45, 7) is 2.20. The molecule has 2 aromatic rings. The number of hydrogen-bond donors (Lipinski definition) is 1. The number of aromatic nitrogens is 3. The molecule has 0 bridgehead atoms. The van der Waals surface area contributed by atoms with Gasteiger partial charge in [0, 0.05) is 7.05 Å². The van der Waals surface area contributed by atoms with Crippen molar-refractivity contribution >= 4 is 29.1 Å². The molecule has 5 nitrogen and oxygen atoms in total. The Kier molecular flexibility index (Phi) is 4.62. The highest BCUT2D eigenvalue weighted by molar-refractivity contribution is 6.42. The van der Waals surface area contributed by atoms with Crippen LogP contribution < -0.4 is 5.32 Å². The standard InChI is InChI=1S/C13H14Cl2N4O/c1-8-17-18-12(19(8)2)7-16-13(20)6-9-3-4-10(14)11(15)5-9/h3-5H,6-7H2,1-2H3,(H,16,20). The zero-order chi connectivity index (χ0) is 14.7. The van der Waals surface area contributed by atoms with Crippen LogP contribution in [-0.2, 0) is 24.8 Å². The lowest BCUT2D eigenvalue weighted by Crippen LogP contribution is -2.26. The Morgan fingerprint density at radius 3 is 2.65 bits per heavy atom. The fourth-order valence-corrected chi connectivity index (χ4v) is 2.00. The van der Waals surface area contributed by atoms with Crippen molar-refractivity contribution in [3.05, 3.63) is 45.5 Å². The van der Waals surface area contributed by atoms with E-state index in [9.17, 15) is 4.79 Å². The van der Waals surface area contributed by atoms with E-state index in [1.54, 1.807) is 18.2 Å². The predicted octanol–water partition coefficient (Wildman–Crippen LogP) is 2.29. The highest BCUT2D eigenvalue weighted by Crippen LogP contribution is 2.22. The van der Waals surface area contributed by atoms with Gasteiger partial charge in [-0.05, 0) is 24.6 Å². The average Bonchev–Trinajstić information content (AvgIpc) is 2.72. The Labute approximate surface area is 126 Å². The van der Waals surface area contributed by atoms with Crippen LogP contribution in [-0.4, -0.2) is 20.7 Å². The Balaban J connectivity index is 1.92. The molecule has 1 aromatic heterocycles. The summed E-state index contributed by atoms with van der Waals surface area (Å²) in [5, 5.41) is 11.6. The second-order valence-corrected chi connectivity index (χ2v) is 5.24. The maximum Gasteiger partial charge on any atom is 0.224 e. The molecule has 1 N–H and O–H groups in total. The maximum atomic E-state index is 11.9. The van der Waals surface area contributed by atoms with Crippen molar-refractivity contribution in [1.29, 1.82) is 0 Å². The number of aryl methyl sites for hydroxylation is 1. The van der Waals surface area contributed by atoms with Gasteiger partial charge >= 0.3 is 0 Å². The molecule has 1 heterocycles. The van der Waals surface area contributed by atoms with Crippen LogP contribution in [0.1, 0.15) is 17.2 Å². The molecule has 0 atom stereocenters. The second kappa shape index (κ2) is 6.24. The summed E-state index contributed by atoms with van der Waals surface area (Å²) in [7, 11) is 1.86. The molecular formula is C13H14Cl2N4O. The number of carbonyl (C=O) groups excluding carboxylic acids is 1. The minimum atomic E-state index is -0.107. The zero-order valence-corrected chi connectivity index (χ0v) is 12.7. The van der Waals surface area contributed by atoms with Crippen molar-refractivity contribution in [2.24, 2.45) is 7.05 Å². The van der Waals surface area contributed by atoms with Crippen LogP contribution in [0.5, 0.6) is 0 Å². The Morgan fingerprint density at radius 1 is 1.30 bits per heavy atom. The fourth-order valence-electron chi connectivity index (χ4n) is 1.68. The topological polar surface area (TPSA) is 59.8 Å². The number of nitrogens with zero attached hydrogens (tertiary/aromatic N) is 3. The molecule has 0 radical (unpaired) electrons. The molecule has 2 rings (SSSR count). The first kappa shape index (κ1) is 14.8. The zero-order valence-electron chi connectivity index (χ0n) is 11.2. The molecule has 0 aliphatic carbocycles. The summed E-state index contributed by atoms with van der Waals surface area (Å²) >= 11 is 11.7. The van der Waals surface area contributed by atoms with E-state index in [4.69, 9.17) is 23.2 Å². The lowest BCUT2D eigenvalue weighted by molar-refractivity contribution is -0.120. The average molecular weight is 313 g/mol. The molecule has 1 amide bonds. The van der Waals surface area contributed by atoms with E-state index >= 15 is 0 Å². The quantitative estimate of drug-likeness (QED) is 0.942. The van der Waals surface area contributed by atoms with Gasteiger partial charge in [0.25, 0.3) is 0 Å². The fraction of sp³-hybridized carbons (Fsp3) is 0.308. The molecular weight excluding hydrogens is 299 g/mol. The first-order chi connectivity index (χ1) is 9.47. The molecule has 1 aromatic carbocycles. The SMILES string of the molecule is Cc1nnc(CNC(=O)Cc2ccc(Cl)c(Cl)c2)n1C. The third-order valence-corrected chi connectivity index (χ3v) is 3.71. The number of hydrogen-bond acceptors (Lipinski definition) is 3. The third-order valence-electron chi connectivity index (χ3n) is 2.98. The van der Waals surface area contributed by atoms with Gasteiger partial charge < -0.3 is 9.88 Å². The molecule has 0 fully saturated rings. The highest BCUT2D eigenvalue weighted by atomic mass is 35.5. The Morgan fingerprint density at radius 2 is 2.05 bits per heavy atom.